The Hall–Kier alpha value is -0.810. The monoisotopic (exact) mass is 276 g/mol. The van der Waals surface area contributed by atoms with E-state index >= 15 is 0 Å². The SMILES string of the molecule is CCCCC(CC)COOOC(=O)OCC(C)(C)C. The van der Waals surface area contributed by atoms with E-state index in [0.29, 0.717) is 12.5 Å². The van der Waals surface area contributed by atoms with Crippen molar-refractivity contribution in [3.8, 4) is 0 Å². The van der Waals surface area contributed by atoms with Gasteiger partial charge in [-0.3, -0.25) is 0 Å². The van der Waals surface area contributed by atoms with E-state index in [1.165, 1.54) is 0 Å². The fourth-order valence-electron chi connectivity index (χ4n) is 1.37. The fraction of sp³-hybridized carbons (Fsp3) is 0.929. The highest BCUT2D eigenvalue weighted by atomic mass is 17.5. The van der Waals surface area contributed by atoms with Crippen LogP contribution in [0.2, 0.25) is 0 Å². The van der Waals surface area contributed by atoms with E-state index in [2.05, 4.69) is 23.8 Å². The van der Waals surface area contributed by atoms with Crippen LogP contribution in [-0.4, -0.2) is 19.4 Å². The average Bonchev–Trinajstić information content (AvgIpc) is 2.34. The molecule has 0 rings (SSSR count). The molecule has 0 fully saturated rings. The first-order chi connectivity index (χ1) is 8.89. The zero-order valence-electron chi connectivity index (χ0n) is 12.9. The molecule has 0 aliphatic rings. The van der Waals surface area contributed by atoms with Crippen molar-refractivity contribution in [2.45, 2.75) is 60.3 Å². The predicted molar refractivity (Wildman–Crippen MR) is 72.2 cm³/mol. The van der Waals surface area contributed by atoms with E-state index in [4.69, 9.17) is 9.62 Å². The molecule has 0 aliphatic heterocycles. The predicted octanol–water partition coefficient (Wildman–Crippen LogP) is 4.27. The van der Waals surface area contributed by atoms with Crippen LogP contribution in [0, 0.1) is 11.3 Å². The van der Waals surface area contributed by atoms with Gasteiger partial charge in [0.15, 0.2) is 0 Å². The quantitative estimate of drug-likeness (QED) is 0.272. The number of unbranched alkanes of at least 4 members (excludes halogenated alkanes) is 1. The van der Waals surface area contributed by atoms with Gasteiger partial charge in [0.05, 0.1) is 13.2 Å². The molecule has 1 unspecified atom stereocenters. The molecule has 0 N–H and O–H groups in total. The number of rotatable bonds is 9. The van der Waals surface area contributed by atoms with Gasteiger partial charge in [-0.25, -0.2) is 9.68 Å². The van der Waals surface area contributed by atoms with E-state index in [1.807, 2.05) is 20.8 Å². The maximum atomic E-state index is 11.1. The molecule has 5 heteroatoms. The van der Waals surface area contributed by atoms with Crippen LogP contribution in [0.4, 0.5) is 4.79 Å². The highest BCUT2D eigenvalue weighted by Gasteiger charge is 2.15. The van der Waals surface area contributed by atoms with Gasteiger partial charge < -0.3 is 4.74 Å². The van der Waals surface area contributed by atoms with Gasteiger partial charge in [-0.1, -0.05) is 53.9 Å². The van der Waals surface area contributed by atoms with Crippen LogP contribution in [0.1, 0.15) is 60.3 Å². The first-order valence-electron chi connectivity index (χ1n) is 7.02. The number of hydrogen-bond acceptors (Lipinski definition) is 5. The third-order valence-corrected chi connectivity index (χ3v) is 2.62. The van der Waals surface area contributed by atoms with Gasteiger partial charge >= 0.3 is 6.16 Å². The Balaban J connectivity index is 3.59. The van der Waals surface area contributed by atoms with E-state index < -0.39 is 6.16 Å². The molecule has 0 saturated heterocycles. The highest BCUT2D eigenvalue weighted by molar-refractivity contribution is 5.58. The Morgan fingerprint density at radius 1 is 1.21 bits per heavy atom. The van der Waals surface area contributed by atoms with Crippen LogP contribution in [0.5, 0.6) is 0 Å². The number of ether oxygens (including phenoxy) is 1. The minimum Gasteiger partial charge on any atom is -0.432 e. The second-order valence-electron chi connectivity index (χ2n) is 5.95. The third kappa shape index (κ3) is 12.0. The average molecular weight is 276 g/mol. The van der Waals surface area contributed by atoms with Crippen molar-refractivity contribution >= 4 is 6.16 Å². The van der Waals surface area contributed by atoms with Crippen molar-refractivity contribution in [1.29, 1.82) is 0 Å². The summed E-state index contributed by atoms with van der Waals surface area (Å²) in [5, 5.41) is 4.40. The number of hydrogen-bond donors (Lipinski definition) is 0. The molecule has 0 aromatic heterocycles. The minimum atomic E-state index is -0.878. The third-order valence-electron chi connectivity index (χ3n) is 2.62. The molecule has 0 aromatic rings. The Morgan fingerprint density at radius 3 is 2.42 bits per heavy atom. The molecular weight excluding hydrogens is 248 g/mol. The van der Waals surface area contributed by atoms with Crippen molar-refractivity contribution < 1.29 is 24.3 Å². The number of carbonyl (C=O) groups is 1. The first kappa shape index (κ1) is 18.2. The Kier molecular flexibility index (Phi) is 9.61. The maximum absolute atomic E-state index is 11.1. The topological polar surface area (TPSA) is 54.0 Å². The van der Waals surface area contributed by atoms with Gasteiger partial charge in [0.1, 0.15) is 0 Å². The Labute approximate surface area is 116 Å². The molecule has 0 aliphatic carbocycles. The molecule has 0 spiro atoms. The molecular formula is C14H28O5. The van der Waals surface area contributed by atoms with Crippen molar-refractivity contribution in [3.63, 3.8) is 0 Å². The van der Waals surface area contributed by atoms with Crippen LogP contribution in [0.15, 0.2) is 0 Å². The summed E-state index contributed by atoms with van der Waals surface area (Å²) in [5.41, 5.74) is -0.104. The molecule has 0 radical (unpaired) electrons. The lowest BCUT2D eigenvalue weighted by Gasteiger charge is -2.17. The zero-order valence-corrected chi connectivity index (χ0v) is 12.9. The lowest BCUT2D eigenvalue weighted by Crippen LogP contribution is -2.19. The van der Waals surface area contributed by atoms with Crippen LogP contribution in [-0.2, 0) is 19.6 Å². The van der Waals surface area contributed by atoms with Gasteiger partial charge in [-0.15, -0.1) is 0 Å². The highest BCUT2D eigenvalue weighted by Crippen LogP contribution is 2.14. The molecule has 1 atom stereocenters. The van der Waals surface area contributed by atoms with Gasteiger partial charge in [0, 0.05) is 0 Å². The normalized spacial score (nSPS) is 13.1. The second kappa shape index (κ2) is 10.0. The number of carbonyl (C=O) groups excluding carboxylic acids is 1. The fourth-order valence-corrected chi connectivity index (χ4v) is 1.37. The smallest absolute Gasteiger partial charge is 0.432 e. The summed E-state index contributed by atoms with van der Waals surface area (Å²) < 4.78 is 4.84. The van der Waals surface area contributed by atoms with E-state index in [1.54, 1.807) is 0 Å². The van der Waals surface area contributed by atoms with Gasteiger partial charge in [-0.2, -0.15) is 4.89 Å². The van der Waals surface area contributed by atoms with Gasteiger partial charge in [0.25, 0.3) is 0 Å². The lowest BCUT2D eigenvalue weighted by atomic mass is 9.99. The van der Waals surface area contributed by atoms with Crippen LogP contribution < -0.4 is 0 Å². The lowest BCUT2D eigenvalue weighted by molar-refractivity contribution is -0.489. The summed E-state index contributed by atoms with van der Waals surface area (Å²) >= 11 is 0. The van der Waals surface area contributed by atoms with Gasteiger partial charge in [0.2, 0.25) is 0 Å². The van der Waals surface area contributed by atoms with Gasteiger partial charge in [-0.05, 0) is 22.8 Å². The minimum absolute atomic E-state index is 0.104. The largest absolute Gasteiger partial charge is 0.542 e. The Morgan fingerprint density at radius 2 is 1.89 bits per heavy atom. The van der Waals surface area contributed by atoms with Crippen molar-refractivity contribution in [1.82, 2.24) is 0 Å². The summed E-state index contributed by atoms with van der Waals surface area (Å²) in [6.07, 6.45) is 3.54. The molecule has 5 nitrogen and oxygen atoms in total. The summed E-state index contributed by atoms with van der Waals surface area (Å²) in [5.74, 6) is 0.425. The van der Waals surface area contributed by atoms with E-state index in [0.717, 1.165) is 25.7 Å². The van der Waals surface area contributed by atoms with E-state index in [9.17, 15) is 4.79 Å². The van der Waals surface area contributed by atoms with Crippen LogP contribution in [0.25, 0.3) is 0 Å². The summed E-state index contributed by atoms with van der Waals surface area (Å²) in [4.78, 5) is 20.3. The maximum Gasteiger partial charge on any atom is 0.542 e. The van der Waals surface area contributed by atoms with Crippen LogP contribution in [0.3, 0.4) is 0 Å². The molecule has 0 aromatic carbocycles. The van der Waals surface area contributed by atoms with Crippen molar-refractivity contribution in [2.75, 3.05) is 13.2 Å². The van der Waals surface area contributed by atoms with Crippen molar-refractivity contribution in [2.24, 2.45) is 11.3 Å². The molecule has 0 bridgehead atoms. The molecule has 0 saturated carbocycles. The summed E-state index contributed by atoms with van der Waals surface area (Å²) in [7, 11) is 0. The standard InChI is InChI=1S/C14H28O5/c1-6-8-9-12(7-2)10-17-19-18-13(15)16-11-14(3,4)5/h12H,6-11H2,1-5H3. The molecule has 0 amide bonds. The second-order valence-corrected chi connectivity index (χ2v) is 5.95. The molecule has 114 valence electrons. The summed E-state index contributed by atoms with van der Waals surface area (Å²) in [6, 6.07) is 0. The molecule has 0 heterocycles. The summed E-state index contributed by atoms with van der Waals surface area (Å²) in [6.45, 7) is 10.8. The Bertz CT molecular complexity index is 234. The molecule has 19 heavy (non-hydrogen) atoms. The van der Waals surface area contributed by atoms with E-state index in [-0.39, 0.29) is 12.0 Å². The zero-order chi connectivity index (χ0) is 14.7. The van der Waals surface area contributed by atoms with Crippen molar-refractivity contribution in [3.05, 3.63) is 0 Å². The van der Waals surface area contributed by atoms with Crippen LogP contribution >= 0.6 is 0 Å². The first-order valence-corrected chi connectivity index (χ1v) is 7.02.